The monoisotopic (exact) mass is 801 g/mol. The molecule has 0 heteroatoms. The molecular formula is C57H116. The summed E-state index contributed by atoms with van der Waals surface area (Å²) >= 11 is 0. The van der Waals surface area contributed by atoms with Gasteiger partial charge in [-0.1, -0.05) is 367 Å². The predicted octanol–water partition coefficient (Wildman–Crippen LogP) is 22.5. The molecule has 0 heterocycles. The van der Waals surface area contributed by atoms with Gasteiger partial charge in [0.05, 0.1) is 0 Å². The summed E-state index contributed by atoms with van der Waals surface area (Å²) in [5, 5.41) is 0. The van der Waals surface area contributed by atoms with Crippen molar-refractivity contribution in [3.05, 3.63) is 0 Å². The Balaban J connectivity index is 3.05. The van der Waals surface area contributed by atoms with E-state index >= 15 is 0 Å². The molecule has 0 N–H and O–H groups in total. The molecule has 344 valence electrons. The van der Waals surface area contributed by atoms with Gasteiger partial charge in [-0.15, -0.1) is 0 Å². The first-order valence-corrected chi connectivity index (χ1v) is 28.4. The molecule has 0 atom stereocenters. The van der Waals surface area contributed by atoms with Crippen molar-refractivity contribution < 1.29 is 0 Å². The first-order valence-electron chi connectivity index (χ1n) is 28.4. The van der Waals surface area contributed by atoms with E-state index in [0.717, 1.165) is 0 Å². The molecule has 0 radical (unpaired) electrons. The van der Waals surface area contributed by atoms with Crippen LogP contribution in [-0.2, 0) is 0 Å². The van der Waals surface area contributed by atoms with Crippen LogP contribution in [0, 0.1) is 0 Å². The molecule has 0 bridgehead atoms. The Morgan fingerprint density at radius 1 is 0.0877 bits per heavy atom. The van der Waals surface area contributed by atoms with Crippen molar-refractivity contribution in [2.45, 2.75) is 367 Å². The van der Waals surface area contributed by atoms with Crippen molar-refractivity contribution in [1.82, 2.24) is 0 Å². The average Bonchev–Trinajstić information content (AvgIpc) is 3.22. The van der Waals surface area contributed by atoms with Crippen LogP contribution in [0.2, 0.25) is 0 Å². The fourth-order valence-corrected chi connectivity index (χ4v) is 9.52. The second-order valence-corrected chi connectivity index (χ2v) is 19.7. The van der Waals surface area contributed by atoms with Gasteiger partial charge < -0.3 is 0 Å². The van der Waals surface area contributed by atoms with E-state index in [1.165, 1.54) is 353 Å². The summed E-state index contributed by atoms with van der Waals surface area (Å²) in [4.78, 5) is 0. The molecule has 0 amide bonds. The van der Waals surface area contributed by atoms with Crippen LogP contribution < -0.4 is 0 Å². The van der Waals surface area contributed by atoms with Gasteiger partial charge >= 0.3 is 0 Å². The third-order valence-corrected chi connectivity index (χ3v) is 13.7. The number of unbranched alkanes of at least 4 members (excludes halogenated alkanes) is 54. The topological polar surface area (TPSA) is 0 Å². The molecule has 0 spiro atoms. The number of rotatable bonds is 54. The standard InChI is InChI=1S/C57H116/c1-3-5-7-9-11-13-15-17-19-21-23-25-27-29-31-33-35-37-39-41-43-45-47-49-51-53-55-57-56-54-52-50-48-46-44-42-40-38-36-34-32-30-28-26-24-22-20-18-16-14-12-10-8-6-4-2/h3-57H2,1-2H3. The fraction of sp³-hybridized carbons (Fsp3) is 1.00. The maximum Gasteiger partial charge on any atom is -0.0533 e. The summed E-state index contributed by atoms with van der Waals surface area (Å²) in [5.74, 6) is 0. The first-order chi connectivity index (χ1) is 28.4. The smallest absolute Gasteiger partial charge is 0.0533 e. The van der Waals surface area contributed by atoms with Crippen LogP contribution in [0.1, 0.15) is 367 Å². The van der Waals surface area contributed by atoms with Gasteiger partial charge in [-0.3, -0.25) is 0 Å². The van der Waals surface area contributed by atoms with E-state index in [1.807, 2.05) is 0 Å². The van der Waals surface area contributed by atoms with Crippen LogP contribution in [0.25, 0.3) is 0 Å². The highest BCUT2D eigenvalue weighted by molar-refractivity contribution is 4.55. The lowest BCUT2D eigenvalue weighted by atomic mass is 10.0. The van der Waals surface area contributed by atoms with E-state index in [0.29, 0.717) is 0 Å². The Hall–Kier alpha value is 0. The highest BCUT2D eigenvalue weighted by Crippen LogP contribution is 2.19. The van der Waals surface area contributed by atoms with Gasteiger partial charge in [-0.05, 0) is 0 Å². The summed E-state index contributed by atoms with van der Waals surface area (Å²) in [5.41, 5.74) is 0. The predicted molar refractivity (Wildman–Crippen MR) is 265 cm³/mol. The van der Waals surface area contributed by atoms with Crippen molar-refractivity contribution in [3.63, 3.8) is 0 Å². The summed E-state index contributed by atoms with van der Waals surface area (Å²) in [6.07, 6.45) is 81.9. The lowest BCUT2D eigenvalue weighted by Crippen LogP contribution is -1.85. The second-order valence-electron chi connectivity index (χ2n) is 19.7. The summed E-state index contributed by atoms with van der Waals surface area (Å²) in [7, 11) is 0. The molecule has 0 aromatic heterocycles. The molecule has 0 aromatic rings. The molecule has 0 aromatic carbocycles. The van der Waals surface area contributed by atoms with Crippen molar-refractivity contribution in [3.8, 4) is 0 Å². The maximum atomic E-state index is 2.31. The van der Waals surface area contributed by atoms with E-state index in [2.05, 4.69) is 13.8 Å². The van der Waals surface area contributed by atoms with Crippen molar-refractivity contribution >= 4 is 0 Å². The van der Waals surface area contributed by atoms with Crippen LogP contribution in [-0.4, -0.2) is 0 Å². The minimum absolute atomic E-state index is 1.37. The number of hydrogen-bond donors (Lipinski definition) is 0. The zero-order valence-electron chi connectivity index (χ0n) is 40.9. The SMILES string of the molecule is CCCCCCCCCCCCCCCCCCCCCCCCCCCCCCCCCCCCCCCCCCCCCCCCCCCCCCCCC. The van der Waals surface area contributed by atoms with Crippen molar-refractivity contribution in [2.75, 3.05) is 0 Å². The lowest BCUT2D eigenvalue weighted by molar-refractivity contribution is 0.507. The summed E-state index contributed by atoms with van der Waals surface area (Å²) < 4.78 is 0. The van der Waals surface area contributed by atoms with E-state index in [1.54, 1.807) is 0 Å². The normalized spacial score (nSPS) is 11.7. The van der Waals surface area contributed by atoms with Crippen LogP contribution in [0.3, 0.4) is 0 Å². The molecule has 0 nitrogen and oxygen atoms in total. The number of hydrogen-bond acceptors (Lipinski definition) is 0. The third kappa shape index (κ3) is 56.0. The highest BCUT2D eigenvalue weighted by Gasteiger charge is 1.99. The van der Waals surface area contributed by atoms with Crippen LogP contribution in [0.15, 0.2) is 0 Å². The molecule has 0 saturated carbocycles. The van der Waals surface area contributed by atoms with Gasteiger partial charge in [-0.2, -0.15) is 0 Å². The zero-order valence-corrected chi connectivity index (χ0v) is 40.9. The fourth-order valence-electron chi connectivity index (χ4n) is 9.52. The largest absolute Gasteiger partial charge is 0.0654 e. The molecule has 0 unspecified atom stereocenters. The minimum atomic E-state index is 1.37. The molecule has 0 rings (SSSR count). The van der Waals surface area contributed by atoms with E-state index < -0.39 is 0 Å². The highest BCUT2D eigenvalue weighted by atomic mass is 14.1. The summed E-state index contributed by atoms with van der Waals surface area (Å²) in [6, 6.07) is 0. The maximum absolute atomic E-state index is 2.31. The Morgan fingerprint density at radius 2 is 0.140 bits per heavy atom. The Morgan fingerprint density at radius 3 is 0.193 bits per heavy atom. The lowest BCUT2D eigenvalue weighted by Gasteiger charge is -2.05. The van der Waals surface area contributed by atoms with E-state index in [9.17, 15) is 0 Å². The molecule has 0 aliphatic heterocycles. The van der Waals surface area contributed by atoms with E-state index in [-0.39, 0.29) is 0 Å². The Labute approximate surface area is 365 Å². The van der Waals surface area contributed by atoms with Crippen LogP contribution in [0.5, 0.6) is 0 Å². The molecule has 0 aliphatic carbocycles. The Kier molecular flexibility index (Phi) is 56.0. The van der Waals surface area contributed by atoms with Crippen LogP contribution >= 0.6 is 0 Å². The molecule has 0 saturated heterocycles. The van der Waals surface area contributed by atoms with E-state index in [4.69, 9.17) is 0 Å². The van der Waals surface area contributed by atoms with Gasteiger partial charge in [0.25, 0.3) is 0 Å². The first kappa shape index (κ1) is 57.0. The molecular weight excluding hydrogens is 685 g/mol. The second kappa shape index (κ2) is 56.0. The van der Waals surface area contributed by atoms with Gasteiger partial charge in [0, 0.05) is 0 Å². The third-order valence-electron chi connectivity index (χ3n) is 13.7. The van der Waals surface area contributed by atoms with Gasteiger partial charge in [-0.25, -0.2) is 0 Å². The van der Waals surface area contributed by atoms with Gasteiger partial charge in [0.15, 0.2) is 0 Å². The Bertz CT molecular complexity index is 582. The van der Waals surface area contributed by atoms with Crippen molar-refractivity contribution in [1.29, 1.82) is 0 Å². The molecule has 57 heavy (non-hydrogen) atoms. The van der Waals surface area contributed by atoms with Gasteiger partial charge in [0.1, 0.15) is 0 Å². The quantitative estimate of drug-likeness (QED) is 0.0538. The molecule has 0 fully saturated rings. The van der Waals surface area contributed by atoms with Crippen LogP contribution in [0.4, 0.5) is 0 Å². The average molecular weight is 802 g/mol. The summed E-state index contributed by atoms with van der Waals surface area (Å²) in [6.45, 7) is 4.63. The molecule has 0 aliphatic rings. The zero-order chi connectivity index (χ0) is 40.9. The van der Waals surface area contributed by atoms with Crippen molar-refractivity contribution in [2.24, 2.45) is 0 Å². The van der Waals surface area contributed by atoms with Gasteiger partial charge in [0.2, 0.25) is 0 Å². The minimum Gasteiger partial charge on any atom is -0.0654 e.